The van der Waals surface area contributed by atoms with Gasteiger partial charge >= 0.3 is 0 Å². The van der Waals surface area contributed by atoms with E-state index in [4.69, 9.17) is 16.3 Å². The van der Waals surface area contributed by atoms with Gasteiger partial charge in [0.05, 0.1) is 6.10 Å². The van der Waals surface area contributed by atoms with Crippen molar-refractivity contribution >= 4 is 17.5 Å². The van der Waals surface area contributed by atoms with Gasteiger partial charge in [-0.25, -0.2) is 0 Å². The van der Waals surface area contributed by atoms with Gasteiger partial charge in [-0.05, 0) is 25.7 Å². The minimum absolute atomic E-state index is 0.171. The zero-order chi connectivity index (χ0) is 11.1. The summed E-state index contributed by atoms with van der Waals surface area (Å²) in [5, 5.41) is 0. The van der Waals surface area contributed by atoms with Crippen LogP contribution in [0.1, 0.15) is 32.1 Å². The summed E-state index contributed by atoms with van der Waals surface area (Å²) in [5.74, 6) is 0.726. The van der Waals surface area contributed by atoms with Crippen LogP contribution >= 0.6 is 11.6 Å². The number of hydrogen-bond donors (Lipinski definition) is 0. The van der Waals surface area contributed by atoms with Crippen LogP contribution in [0, 0.1) is 0 Å². The van der Waals surface area contributed by atoms with Gasteiger partial charge in [-0.2, -0.15) is 0 Å². The number of nitrogens with zero attached hydrogens (tertiary/aromatic N) is 1. The fourth-order valence-electron chi connectivity index (χ4n) is 1.77. The summed E-state index contributed by atoms with van der Waals surface area (Å²) in [6.07, 6.45) is 4.99. The first kappa shape index (κ1) is 12.8. The van der Waals surface area contributed by atoms with Crippen molar-refractivity contribution in [1.29, 1.82) is 0 Å². The number of alkyl halides is 1. The molecule has 0 aromatic carbocycles. The van der Waals surface area contributed by atoms with Gasteiger partial charge in [0.25, 0.3) is 0 Å². The highest BCUT2D eigenvalue weighted by molar-refractivity contribution is 6.17. The van der Waals surface area contributed by atoms with Gasteiger partial charge in [0.1, 0.15) is 0 Å². The second-order valence-electron chi connectivity index (χ2n) is 4.06. The van der Waals surface area contributed by atoms with Crippen LogP contribution in [0.4, 0.5) is 0 Å². The first-order chi connectivity index (χ1) is 7.24. The smallest absolute Gasteiger partial charge is 0.222 e. The topological polar surface area (TPSA) is 29.5 Å². The first-order valence-corrected chi connectivity index (χ1v) is 6.19. The molecule has 0 bridgehead atoms. The van der Waals surface area contributed by atoms with Crippen LogP contribution in [0.5, 0.6) is 0 Å². The fourth-order valence-corrected chi connectivity index (χ4v) is 1.90. The summed E-state index contributed by atoms with van der Waals surface area (Å²) in [4.78, 5) is 13.4. The quantitative estimate of drug-likeness (QED) is 0.680. The Kier molecular flexibility index (Phi) is 6.03. The number of rotatable bonds is 5. The Hall–Kier alpha value is -0.280. The van der Waals surface area contributed by atoms with E-state index in [-0.39, 0.29) is 12.0 Å². The zero-order valence-corrected chi connectivity index (χ0v) is 10.1. The van der Waals surface area contributed by atoms with E-state index >= 15 is 0 Å². The lowest BCUT2D eigenvalue weighted by Crippen LogP contribution is -2.37. The van der Waals surface area contributed by atoms with Crippen molar-refractivity contribution < 1.29 is 9.53 Å². The average molecular weight is 234 g/mol. The molecule has 0 aromatic rings. The maximum Gasteiger partial charge on any atom is 0.222 e. The van der Waals surface area contributed by atoms with Crippen molar-refractivity contribution in [3.05, 3.63) is 0 Å². The van der Waals surface area contributed by atoms with Gasteiger partial charge < -0.3 is 9.64 Å². The average Bonchev–Trinajstić information content (AvgIpc) is 2.27. The van der Waals surface area contributed by atoms with Crippen molar-refractivity contribution in [3.63, 3.8) is 0 Å². The number of likely N-dealkylation sites (N-methyl/N-ethyl adjacent to an activating group) is 1. The summed E-state index contributed by atoms with van der Waals surface area (Å²) in [5.41, 5.74) is 0. The summed E-state index contributed by atoms with van der Waals surface area (Å²) in [6, 6.07) is 0. The van der Waals surface area contributed by atoms with Crippen molar-refractivity contribution in [2.24, 2.45) is 0 Å². The summed E-state index contributed by atoms with van der Waals surface area (Å²) in [7, 11) is 1.84. The highest BCUT2D eigenvalue weighted by Gasteiger charge is 2.18. The number of carbonyl (C=O) groups is 1. The van der Waals surface area contributed by atoms with Crippen LogP contribution in [0.15, 0.2) is 0 Å². The molecule has 0 spiro atoms. The second-order valence-corrected chi connectivity index (χ2v) is 4.43. The molecule has 1 saturated heterocycles. The van der Waals surface area contributed by atoms with Crippen LogP contribution in [0.3, 0.4) is 0 Å². The van der Waals surface area contributed by atoms with Gasteiger partial charge in [0.2, 0.25) is 5.91 Å². The zero-order valence-electron chi connectivity index (χ0n) is 9.38. The van der Waals surface area contributed by atoms with Gasteiger partial charge in [0, 0.05) is 32.5 Å². The predicted molar refractivity (Wildman–Crippen MR) is 61.2 cm³/mol. The van der Waals surface area contributed by atoms with Crippen LogP contribution in [0.25, 0.3) is 0 Å². The molecule has 1 aliphatic heterocycles. The number of hydrogen-bond acceptors (Lipinski definition) is 2. The van der Waals surface area contributed by atoms with Gasteiger partial charge in [-0.1, -0.05) is 0 Å². The van der Waals surface area contributed by atoms with Crippen molar-refractivity contribution in [3.8, 4) is 0 Å². The van der Waals surface area contributed by atoms with E-state index in [1.54, 1.807) is 4.90 Å². The van der Waals surface area contributed by atoms with Crippen LogP contribution in [0.2, 0.25) is 0 Å². The van der Waals surface area contributed by atoms with Crippen LogP contribution < -0.4 is 0 Å². The van der Waals surface area contributed by atoms with E-state index < -0.39 is 0 Å². The summed E-state index contributed by atoms with van der Waals surface area (Å²) < 4.78 is 5.58. The normalized spacial score (nSPS) is 21.3. The van der Waals surface area contributed by atoms with E-state index in [1.165, 1.54) is 6.42 Å². The fraction of sp³-hybridized carbons (Fsp3) is 0.909. The molecular weight excluding hydrogens is 214 g/mol. The molecule has 4 heteroatoms. The van der Waals surface area contributed by atoms with E-state index in [1.807, 2.05) is 7.05 Å². The maximum absolute atomic E-state index is 11.6. The number of carbonyl (C=O) groups excluding carboxylic acids is 1. The van der Waals surface area contributed by atoms with Gasteiger partial charge in [-0.15, -0.1) is 11.6 Å². The molecule has 0 aromatic heterocycles. The lowest BCUT2D eigenvalue weighted by molar-refractivity contribution is -0.132. The van der Waals surface area contributed by atoms with Gasteiger partial charge in [-0.3, -0.25) is 4.79 Å². The van der Waals surface area contributed by atoms with Crippen LogP contribution in [-0.4, -0.2) is 43.0 Å². The Labute approximate surface area is 96.7 Å². The van der Waals surface area contributed by atoms with Crippen molar-refractivity contribution in [1.82, 2.24) is 4.90 Å². The molecule has 3 nitrogen and oxygen atoms in total. The first-order valence-electron chi connectivity index (χ1n) is 5.65. The second kappa shape index (κ2) is 7.07. The minimum atomic E-state index is 0.171. The third-order valence-electron chi connectivity index (χ3n) is 2.70. The monoisotopic (exact) mass is 233 g/mol. The molecule has 1 heterocycles. The molecule has 1 aliphatic rings. The SMILES string of the molecule is CN(CC1CCCCO1)C(=O)CCCCl. The molecule has 1 rings (SSSR count). The Morgan fingerprint density at radius 2 is 2.33 bits per heavy atom. The molecule has 1 fully saturated rings. The predicted octanol–water partition coefficient (Wildman–Crippen LogP) is 2.03. The third kappa shape index (κ3) is 4.85. The lowest BCUT2D eigenvalue weighted by Gasteiger charge is -2.27. The van der Waals surface area contributed by atoms with E-state index in [9.17, 15) is 4.79 Å². The molecule has 0 N–H and O–H groups in total. The van der Waals surface area contributed by atoms with E-state index in [2.05, 4.69) is 0 Å². The molecule has 0 radical (unpaired) electrons. The molecular formula is C11H20ClNO2. The molecule has 15 heavy (non-hydrogen) atoms. The Morgan fingerprint density at radius 3 is 2.93 bits per heavy atom. The van der Waals surface area contributed by atoms with Crippen molar-refractivity contribution in [2.75, 3.05) is 26.1 Å². The summed E-state index contributed by atoms with van der Waals surface area (Å²) >= 11 is 5.55. The van der Waals surface area contributed by atoms with Crippen LogP contribution in [-0.2, 0) is 9.53 Å². The summed E-state index contributed by atoms with van der Waals surface area (Å²) in [6.45, 7) is 1.56. The van der Waals surface area contributed by atoms with Gasteiger partial charge in [0.15, 0.2) is 0 Å². The Bertz CT molecular complexity index is 193. The number of ether oxygens (including phenoxy) is 1. The standard InChI is InChI=1S/C11H20ClNO2/c1-13(11(14)6-4-7-12)9-10-5-2-3-8-15-10/h10H,2-9H2,1H3. The minimum Gasteiger partial charge on any atom is -0.376 e. The third-order valence-corrected chi connectivity index (χ3v) is 2.97. The molecule has 1 unspecified atom stereocenters. The highest BCUT2D eigenvalue weighted by atomic mass is 35.5. The largest absolute Gasteiger partial charge is 0.376 e. The maximum atomic E-state index is 11.6. The van der Waals surface area contributed by atoms with E-state index in [0.717, 1.165) is 32.4 Å². The lowest BCUT2D eigenvalue weighted by atomic mass is 10.1. The van der Waals surface area contributed by atoms with E-state index in [0.29, 0.717) is 12.3 Å². The molecule has 1 amide bonds. The molecule has 0 saturated carbocycles. The Morgan fingerprint density at radius 1 is 1.53 bits per heavy atom. The highest BCUT2D eigenvalue weighted by Crippen LogP contribution is 2.13. The molecule has 1 atom stereocenters. The van der Waals surface area contributed by atoms with Crippen molar-refractivity contribution in [2.45, 2.75) is 38.2 Å². The number of amides is 1. The molecule has 88 valence electrons. The number of halogens is 1. The molecule has 0 aliphatic carbocycles. The Balaban J connectivity index is 2.20.